The van der Waals surface area contributed by atoms with E-state index in [0.717, 1.165) is 28.7 Å². The van der Waals surface area contributed by atoms with Crippen LogP contribution in [0.4, 0.5) is 5.13 Å². The average Bonchev–Trinajstić information content (AvgIpc) is 3.25. The quantitative estimate of drug-likeness (QED) is 0.712. The summed E-state index contributed by atoms with van der Waals surface area (Å²) < 4.78 is 1.07. The number of nitrogens with one attached hydrogen (secondary N) is 1. The van der Waals surface area contributed by atoms with E-state index in [-0.39, 0.29) is 24.7 Å². The Hall–Kier alpha value is -2.25. The van der Waals surface area contributed by atoms with E-state index >= 15 is 0 Å². The van der Waals surface area contributed by atoms with Crippen LogP contribution in [0.1, 0.15) is 34.4 Å². The van der Waals surface area contributed by atoms with Crippen LogP contribution in [0.25, 0.3) is 10.2 Å². The number of hydrogen-bond acceptors (Lipinski definition) is 5. The van der Waals surface area contributed by atoms with Crippen molar-refractivity contribution < 1.29 is 9.59 Å². The van der Waals surface area contributed by atoms with E-state index in [9.17, 15) is 9.59 Å². The molecule has 3 heterocycles. The molecule has 0 unspecified atom stereocenters. The Labute approximate surface area is 166 Å². The first-order valence-electron chi connectivity index (χ1n) is 9.00. The highest BCUT2D eigenvalue weighted by atomic mass is 32.1. The maximum atomic E-state index is 12.4. The highest BCUT2D eigenvalue weighted by Gasteiger charge is 2.22. The molecule has 4 rings (SSSR count). The summed E-state index contributed by atoms with van der Waals surface area (Å²) in [6.45, 7) is 5.48. The Morgan fingerprint density at radius 2 is 2.11 bits per heavy atom. The highest BCUT2D eigenvalue weighted by molar-refractivity contribution is 7.22. The molecule has 2 aromatic heterocycles. The standard InChI is InChI=1S/C20H21N3O2S2/c1-12-9-13(2)19-16(10-12)27-20(22-19)21-17(24)3-4-18(25)23-7-5-15-14(11-23)6-8-26-15/h6,8-10H,3-5,7,11H2,1-2H3,(H,21,22,24). The van der Waals surface area contributed by atoms with Crippen molar-refractivity contribution in [1.29, 1.82) is 0 Å². The fourth-order valence-corrected chi connectivity index (χ4v) is 5.39. The van der Waals surface area contributed by atoms with Crippen molar-refractivity contribution in [2.75, 3.05) is 11.9 Å². The summed E-state index contributed by atoms with van der Waals surface area (Å²) in [5.74, 6) is -0.122. The van der Waals surface area contributed by atoms with Crippen LogP contribution < -0.4 is 5.32 Å². The van der Waals surface area contributed by atoms with Gasteiger partial charge in [0.1, 0.15) is 0 Å². The second-order valence-electron chi connectivity index (χ2n) is 6.93. The summed E-state index contributed by atoms with van der Waals surface area (Å²) in [5.41, 5.74) is 4.46. The second kappa shape index (κ2) is 7.40. The number of nitrogens with zero attached hydrogens (tertiary/aromatic N) is 2. The molecule has 0 aliphatic carbocycles. The molecule has 0 bridgehead atoms. The number of carbonyl (C=O) groups is 2. The number of hydrogen-bond donors (Lipinski definition) is 1. The number of thiophene rings is 1. The fourth-order valence-electron chi connectivity index (χ4n) is 3.45. The first-order chi connectivity index (χ1) is 13.0. The summed E-state index contributed by atoms with van der Waals surface area (Å²) in [4.78, 5) is 32.5. The van der Waals surface area contributed by atoms with Crippen LogP contribution >= 0.6 is 22.7 Å². The highest BCUT2D eigenvalue weighted by Crippen LogP contribution is 2.29. The summed E-state index contributed by atoms with van der Waals surface area (Å²) in [6.07, 6.45) is 1.32. The van der Waals surface area contributed by atoms with Crippen molar-refractivity contribution in [3.05, 3.63) is 45.1 Å². The predicted octanol–water partition coefficient (Wildman–Crippen LogP) is 4.28. The van der Waals surface area contributed by atoms with Crippen LogP contribution in [-0.4, -0.2) is 28.2 Å². The van der Waals surface area contributed by atoms with Gasteiger partial charge < -0.3 is 10.2 Å². The summed E-state index contributed by atoms with van der Waals surface area (Å²) in [6, 6.07) is 6.25. The zero-order valence-corrected chi connectivity index (χ0v) is 17.0. The lowest BCUT2D eigenvalue weighted by Gasteiger charge is -2.27. The molecular weight excluding hydrogens is 378 g/mol. The molecule has 0 saturated carbocycles. The number of rotatable bonds is 4. The number of aryl methyl sites for hydroxylation is 2. The average molecular weight is 400 g/mol. The molecule has 0 radical (unpaired) electrons. The summed E-state index contributed by atoms with van der Waals surface area (Å²) in [7, 11) is 0. The Balaban J connectivity index is 1.33. The first-order valence-corrected chi connectivity index (χ1v) is 10.7. The number of aromatic nitrogens is 1. The number of carbonyl (C=O) groups excluding carboxylic acids is 2. The van der Waals surface area contributed by atoms with Gasteiger partial charge in [-0.1, -0.05) is 17.4 Å². The predicted molar refractivity (Wildman–Crippen MR) is 110 cm³/mol. The van der Waals surface area contributed by atoms with Gasteiger partial charge in [-0.3, -0.25) is 9.59 Å². The van der Waals surface area contributed by atoms with E-state index in [2.05, 4.69) is 40.8 Å². The van der Waals surface area contributed by atoms with Crippen molar-refractivity contribution in [2.24, 2.45) is 0 Å². The van der Waals surface area contributed by atoms with Crippen molar-refractivity contribution in [2.45, 2.75) is 39.7 Å². The maximum absolute atomic E-state index is 12.4. The normalized spacial score (nSPS) is 13.6. The first kappa shape index (κ1) is 18.1. The minimum atomic E-state index is -0.162. The molecule has 0 spiro atoms. The third-order valence-electron chi connectivity index (χ3n) is 4.80. The topological polar surface area (TPSA) is 62.3 Å². The van der Waals surface area contributed by atoms with Crippen molar-refractivity contribution in [3.8, 4) is 0 Å². The van der Waals surface area contributed by atoms with Gasteiger partial charge in [-0.15, -0.1) is 11.3 Å². The van der Waals surface area contributed by atoms with Gasteiger partial charge in [0.25, 0.3) is 0 Å². The van der Waals surface area contributed by atoms with Crippen molar-refractivity contribution >= 4 is 49.8 Å². The Morgan fingerprint density at radius 3 is 2.96 bits per heavy atom. The number of benzene rings is 1. The van der Waals surface area contributed by atoms with Crippen LogP contribution in [0.5, 0.6) is 0 Å². The van der Waals surface area contributed by atoms with E-state index < -0.39 is 0 Å². The Kier molecular flexibility index (Phi) is 4.97. The van der Waals surface area contributed by atoms with Gasteiger partial charge in [-0.25, -0.2) is 4.98 Å². The Bertz CT molecular complexity index is 1020. The van der Waals surface area contributed by atoms with E-state index in [4.69, 9.17) is 0 Å². The molecule has 7 heteroatoms. The molecule has 2 amide bonds. The lowest BCUT2D eigenvalue weighted by Crippen LogP contribution is -2.35. The molecule has 1 aromatic carbocycles. The van der Waals surface area contributed by atoms with Crippen LogP contribution in [0, 0.1) is 13.8 Å². The van der Waals surface area contributed by atoms with E-state index in [1.165, 1.54) is 27.3 Å². The minimum absolute atomic E-state index is 0.0396. The van der Waals surface area contributed by atoms with Gasteiger partial charge in [0.05, 0.1) is 10.2 Å². The molecular formula is C20H21N3O2S2. The Morgan fingerprint density at radius 1 is 1.26 bits per heavy atom. The lowest BCUT2D eigenvalue weighted by molar-refractivity contribution is -0.133. The van der Waals surface area contributed by atoms with Crippen LogP contribution in [0.15, 0.2) is 23.6 Å². The molecule has 140 valence electrons. The zero-order valence-electron chi connectivity index (χ0n) is 15.4. The van der Waals surface area contributed by atoms with Crippen molar-refractivity contribution in [1.82, 2.24) is 9.88 Å². The summed E-state index contributed by atoms with van der Waals surface area (Å²) >= 11 is 3.23. The third kappa shape index (κ3) is 3.89. The molecule has 0 fully saturated rings. The monoisotopic (exact) mass is 399 g/mol. The number of thiazole rings is 1. The molecule has 1 aliphatic rings. The largest absolute Gasteiger partial charge is 0.338 e. The zero-order chi connectivity index (χ0) is 19.0. The number of anilines is 1. The number of fused-ring (bicyclic) bond motifs is 2. The molecule has 0 saturated heterocycles. The fraction of sp³-hybridized carbons (Fsp3) is 0.350. The lowest BCUT2D eigenvalue weighted by atomic mass is 10.1. The van der Waals surface area contributed by atoms with Gasteiger partial charge in [0.2, 0.25) is 11.8 Å². The molecule has 1 aliphatic heterocycles. The second-order valence-corrected chi connectivity index (χ2v) is 8.96. The number of amides is 2. The molecule has 0 atom stereocenters. The molecule has 1 N–H and O–H groups in total. The van der Waals surface area contributed by atoms with Gasteiger partial charge in [-0.05, 0) is 54.5 Å². The van der Waals surface area contributed by atoms with Crippen LogP contribution in [0.3, 0.4) is 0 Å². The summed E-state index contributed by atoms with van der Waals surface area (Å²) in [5, 5.41) is 5.52. The van der Waals surface area contributed by atoms with Crippen LogP contribution in [0.2, 0.25) is 0 Å². The third-order valence-corrected chi connectivity index (χ3v) is 6.74. The molecule has 27 heavy (non-hydrogen) atoms. The van der Waals surface area contributed by atoms with E-state index in [0.29, 0.717) is 11.7 Å². The van der Waals surface area contributed by atoms with Crippen molar-refractivity contribution in [3.63, 3.8) is 0 Å². The van der Waals surface area contributed by atoms with Gasteiger partial charge in [-0.2, -0.15) is 0 Å². The maximum Gasteiger partial charge on any atom is 0.226 e. The smallest absolute Gasteiger partial charge is 0.226 e. The molecule has 3 aromatic rings. The van der Waals surface area contributed by atoms with Gasteiger partial charge in [0, 0.05) is 30.8 Å². The minimum Gasteiger partial charge on any atom is -0.338 e. The molecule has 5 nitrogen and oxygen atoms in total. The van der Waals surface area contributed by atoms with E-state index in [1.54, 1.807) is 11.3 Å². The van der Waals surface area contributed by atoms with Crippen LogP contribution in [-0.2, 0) is 22.6 Å². The van der Waals surface area contributed by atoms with Gasteiger partial charge in [0.15, 0.2) is 5.13 Å². The SMILES string of the molecule is Cc1cc(C)c2nc(NC(=O)CCC(=O)N3CCc4sccc4C3)sc2c1. The van der Waals surface area contributed by atoms with E-state index in [1.807, 2.05) is 11.8 Å². The van der Waals surface area contributed by atoms with Gasteiger partial charge >= 0.3 is 0 Å².